The molecule has 26 heavy (non-hydrogen) atoms. The molecular weight excluding hydrogens is 326 g/mol. The predicted octanol–water partition coefficient (Wildman–Crippen LogP) is 2.13. The average Bonchev–Trinajstić information content (AvgIpc) is 3.41. The number of nitrogens with zero attached hydrogens (tertiary/aromatic N) is 5. The monoisotopic (exact) mass is 349 g/mol. The summed E-state index contributed by atoms with van der Waals surface area (Å²) in [6, 6.07) is 9.85. The van der Waals surface area contributed by atoms with Gasteiger partial charge in [0.05, 0.1) is 17.8 Å². The van der Waals surface area contributed by atoms with E-state index in [1.807, 2.05) is 48.6 Å². The van der Waals surface area contributed by atoms with Crippen LogP contribution in [0, 0.1) is 17.2 Å². The SMILES string of the molecule is Cn1cc([C@@H]2C[C@H]2C(=O)N2CCCN(c3ccc(C#N)cc3)CC2)cn1. The van der Waals surface area contributed by atoms with E-state index >= 15 is 0 Å². The van der Waals surface area contributed by atoms with E-state index < -0.39 is 0 Å². The van der Waals surface area contributed by atoms with Gasteiger partial charge in [0.25, 0.3) is 0 Å². The fraction of sp³-hybridized carbons (Fsp3) is 0.450. The highest BCUT2D eigenvalue weighted by molar-refractivity contribution is 5.83. The summed E-state index contributed by atoms with van der Waals surface area (Å²) < 4.78 is 1.80. The van der Waals surface area contributed by atoms with Gasteiger partial charge in [0.2, 0.25) is 5.91 Å². The van der Waals surface area contributed by atoms with E-state index in [-0.39, 0.29) is 5.92 Å². The van der Waals surface area contributed by atoms with Crippen LogP contribution in [0.15, 0.2) is 36.7 Å². The summed E-state index contributed by atoms with van der Waals surface area (Å²) in [5.41, 5.74) is 2.98. The van der Waals surface area contributed by atoms with Crippen molar-refractivity contribution in [3.05, 3.63) is 47.8 Å². The van der Waals surface area contributed by atoms with Crippen LogP contribution < -0.4 is 4.90 Å². The van der Waals surface area contributed by atoms with Crippen molar-refractivity contribution in [3.8, 4) is 6.07 Å². The van der Waals surface area contributed by atoms with Crippen molar-refractivity contribution in [3.63, 3.8) is 0 Å². The molecule has 4 rings (SSSR count). The number of amides is 1. The first kappa shape index (κ1) is 16.6. The van der Waals surface area contributed by atoms with Crippen molar-refractivity contribution >= 4 is 11.6 Å². The summed E-state index contributed by atoms with van der Waals surface area (Å²) in [5, 5.41) is 13.1. The minimum absolute atomic E-state index is 0.126. The number of carbonyl (C=O) groups excluding carboxylic acids is 1. The molecule has 2 atom stereocenters. The van der Waals surface area contributed by atoms with Gasteiger partial charge in [0, 0.05) is 51.0 Å². The van der Waals surface area contributed by atoms with Crippen LogP contribution in [0.3, 0.4) is 0 Å². The zero-order valence-electron chi connectivity index (χ0n) is 15.0. The number of aryl methyl sites for hydroxylation is 1. The van der Waals surface area contributed by atoms with Crippen molar-refractivity contribution in [2.75, 3.05) is 31.1 Å². The average molecular weight is 349 g/mol. The summed E-state index contributed by atoms with van der Waals surface area (Å²) in [5.74, 6) is 0.760. The second-order valence-electron chi connectivity index (χ2n) is 7.22. The van der Waals surface area contributed by atoms with Gasteiger partial charge in [-0.2, -0.15) is 10.4 Å². The van der Waals surface area contributed by atoms with E-state index in [9.17, 15) is 4.79 Å². The highest BCUT2D eigenvalue weighted by Crippen LogP contribution is 2.48. The molecule has 1 aromatic carbocycles. The molecule has 1 aliphatic carbocycles. The molecule has 0 N–H and O–H groups in total. The van der Waals surface area contributed by atoms with Crippen LogP contribution in [0.5, 0.6) is 0 Å². The second-order valence-corrected chi connectivity index (χ2v) is 7.22. The molecule has 6 nitrogen and oxygen atoms in total. The molecule has 1 aliphatic heterocycles. The van der Waals surface area contributed by atoms with Crippen molar-refractivity contribution in [1.29, 1.82) is 5.26 Å². The maximum Gasteiger partial charge on any atom is 0.226 e. The largest absolute Gasteiger partial charge is 0.370 e. The van der Waals surface area contributed by atoms with Gasteiger partial charge in [-0.3, -0.25) is 9.48 Å². The molecule has 2 aliphatic rings. The van der Waals surface area contributed by atoms with E-state index in [0.717, 1.165) is 44.7 Å². The molecule has 0 spiro atoms. The quantitative estimate of drug-likeness (QED) is 0.851. The third-order valence-corrected chi connectivity index (χ3v) is 5.43. The van der Waals surface area contributed by atoms with E-state index in [0.29, 0.717) is 17.4 Å². The number of benzene rings is 1. The highest BCUT2D eigenvalue weighted by atomic mass is 16.2. The molecular formula is C20H23N5O. The minimum Gasteiger partial charge on any atom is -0.370 e. The van der Waals surface area contributed by atoms with Crippen molar-refractivity contribution in [2.24, 2.45) is 13.0 Å². The Kier molecular flexibility index (Phi) is 4.37. The summed E-state index contributed by atoms with van der Waals surface area (Å²) in [4.78, 5) is 17.2. The predicted molar refractivity (Wildman–Crippen MR) is 98.6 cm³/mol. The Balaban J connectivity index is 1.36. The van der Waals surface area contributed by atoms with Crippen LogP contribution in [-0.2, 0) is 11.8 Å². The van der Waals surface area contributed by atoms with Crippen LogP contribution >= 0.6 is 0 Å². The maximum absolute atomic E-state index is 12.9. The van der Waals surface area contributed by atoms with E-state index in [2.05, 4.69) is 16.1 Å². The van der Waals surface area contributed by atoms with Gasteiger partial charge >= 0.3 is 0 Å². The summed E-state index contributed by atoms with van der Waals surface area (Å²) in [6.07, 6.45) is 5.82. The number of hydrogen-bond acceptors (Lipinski definition) is 4. The Morgan fingerprint density at radius 3 is 2.69 bits per heavy atom. The van der Waals surface area contributed by atoms with E-state index in [1.54, 1.807) is 4.68 Å². The number of anilines is 1. The molecule has 1 saturated heterocycles. The molecule has 2 heterocycles. The Morgan fingerprint density at radius 2 is 2.00 bits per heavy atom. The fourth-order valence-electron chi connectivity index (χ4n) is 3.85. The zero-order chi connectivity index (χ0) is 18.1. The lowest BCUT2D eigenvalue weighted by Crippen LogP contribution is -2.36. The molecule has 0 bridgehead atoms. The Labute approximate surface area is 153 Å². The summed E-state index contributed by atoms with van der Waals surface area (Å²) in [6.45, 7) is 3.35. The molecule has 0 unspecified atom stereocenters. The Morgan fingerprint density at radius 1 is 1.19 bits per heavy atom. The van der Waals surface area contributed by atoms with Gasteiger partial charge in [-0.1, -0.05) is 0 Å². The second kappa shape index (κ2) is 6.83. The van der Waals surface area contributed by atoms with E-state index in [1.165, 1.54) is 5.56 Å². The number of hydrogen-bond donors (Lipinski definition) is 0. The number of rotatable bonds is 3. The smallest absolute Gasteiger partial charge is 0.226 e. The third kappa shape index (κ3) is 3.30. The first-order valence-electron chi connectivity index (χ1n) is 9.18. The molecule has 2 aromatic rings. The van der Waals surface area contributed by atoms with Gasteiger partial charge in [-0.25, -0.2) is 0 Å². The van der Waals surface area contributed by atoms with Gasteiger partial charge in [-0.15, -0.1) is 0 Å². The topological polar surface area (TPSA) is 65.2 Å². The highest BCUT2D eigenvalue weighted by Gasteiger charge is 2.46. The number of nitriles is 1. The van der Waals surface area contributed by atoms with Crippen molar-refractivity contribution in [2.45, 2.75) is 18.8 Å². The lowest BCUT2D eigenvalue weighted by molar-refractivity contribution is -0.132. The van der Waals surface area contributed by atoms with Crippen molar-refractivity contribution in [1.82, 2.24) is 14.7 Å². The molecule has 0 radical (unpaired) electrons. The Hall–Kier alpha value is -2.81. The van der Waals surface area contributed by atoms with Gasteiger partial charge in [0.1, 0.15) is 0 Å². The maximum atomic E-state index is 12.9. The van der Waals surface area contributed by atoms with Gasteiger partial charge in [0.15, 0.2) is 0 Å². The van der Waals surface area contributed by atoms with Crippen LogP contribution in [0.25, 0.3) is 0 Å². The first-order valence-corrected chi connectivity index (χ1v) is 9.18. The molecule has 6 heteroatoms. The van der Waals surface area contributed by atoms with Crippen LogP contribution in [0.2, 0.25) is 0 Å². The lowest BCUT2D eigenvalue weighted by Gasteiger charge is -2.24. The summed E-state index contributed by atoms with van der Waals surface area (Å²) in [7, 11) is 1.91. The zero-order valence-corrected chi connectivity index (χ0v) is 15.0. The lowest BCUT2D eigenvalue weighted by atomic mass is 10.2. The van der Waals surface area contributed by atoms with Crippen LogP contribution in [0.1, 0.15) is 29.9 Å². The van der Waals surface area contributed by atoms with Gasteiger partial charge < -0.3 is 9.80 Å². The molecule has 1 aromatic heterocycles. The standard InChI is InChI=1S/C20H23N5O/c1-23-14-16(13-22-23)18-11-19(18)20(26)25-8-2-7-24(9-10-25)17-5-3-15(12-21)4-6-17/h3-6,13-14,18-19H,2,7-11H2,1H3/t18-,19+/m0/s1. The van der Waals surface area contributed by atoms with Crippen LogP contribution in [0.4, 0.5) is 5.69 Å². The first-order chi connectivity index (χ1) is 12.7. The van der Waals surface area contributed by atoms with Gasteiger partial charge in [-0.05, 0) is 48.6 Å². The van der Waals surface area contributed by atoms with Crippen molar-refractivity contribution < 1.29 is 4.79 Å². The molecule has 134 valence electrons. The van der Waals surface area contributed by atoms with E-state index in [4.69, 9.17) is 5.26 Å². The number of carbonyl (C=O) groups is 1. The summed E-state index contributed by atoms with van der Waals surface area (Å²) >= 11 is 0. The fourth-order valence-corrected chi connectivity index (χ4v) is 3.85. The van der Waals surface area contributed by atoms with Crippen LogP contribution in [-0.4, -0.2) is 46.8 Å². The Bertz CT molecular complexity index is 835. The molecule has 1 saturated carbocycles. The third-order valence-electron chi connectivity index (χ3n) is 5.43. The molecule has 2 fully saturated rings. The number of aromatic nitrogens is 2. The molecule has 1 amide bonds. The normalized spacial score (nSPS) is 22.6. The minimum atomic E-state index is 0.126.